The van der Waals surface area contributed by atoms with Crippen LogP contribution in [0.4, 0.5) is 0 Å². The number of nitrogens with zero attached hydrogens (tertiary/aromatic N) is 1. The summed E-state index contributed by atoms with van der Waals surface area (Å²) in [5.74, 6) is -1.85. The Morgan fingerprint density at radius 3 is 2.35 bits per heavy atom. The van der Waals surface area contributed by atoms with E-state index in [2.05, 4.69) is 4.74 Å². The average Bonchev–Trinajstić information content (AvgIpc) is 2.63. The molecule has 0 bridgehead atoms. The van der Waals surface area contributed by atoms with Gasteiger partial charge in [0.15, 0.2) is 5.78 Å². The third-order valence-electron chi connectivity index (χ3n) is 2.09. The van der Waals surface area contributed by atoms with E-state index >= 15 is 0 Å². The van der Waals surface area contributed by atoms with Crippen LogP contribution < -0.4 is 0 Å². The summed E-state index contributed by atoms with van der Waals surface area (Å²) < 4.78 is 4.31. The Morgan fingerprint density at radius 1 is 1.24 bits per heavy atom. The van der Waals surface area contributed by atoms with Gasteiger partial charge in [0.05, 0.1) is 7.11 Å². The number of rotatable bonds is 5. The lowest BCUT2D eigenvalue weighted by Gasteiger charge is -2.11. The number of ether oxygens (including phenoxy) is 1. The summed E-state index contributed by atoms with van der Waals surface area (Å²) in [6.07, 6.45) is 4.33. The summed E-state index contributed by atoms with van der Waals surface area (Å²) in [6, 6.07) is 0. The van der Waals surface area contributed by atoms with Crippen molar-refractivity contribution in [1.29, 1.82) is 0 Å². The molecule has 0 aromatic rings. The quantitative estimate of drug-likeness (QED) is 0.369. The van der Waals surface area contributed by atoms with Crippen LogP contribution in [0.1, 0.15) is 6.42 Å². The Kier molecular flexibility index (Phi) is 4.33. The molecule has 0 N–H and O–H groups in total. The monoisotopic (exact) mass is 237 g/mol. The highest BCUT2D eigenvalue weighted by molar-refractivity contribution is 6.13. The minimum atomic E-state index is -0.631. The Hall–Kier alpha value is -2.24. The van der Waals surface area contributed by atoms with Gasteiger partial charge in [-0.15, -0.1) is 0 Å². The minimum Gasteiger partial charge on any atom is -0.466 e. The maximum absolute atomic E-state index is 11.3. The molecule has 0 saturated heterocycles. The molecule has 0 spiro atoms. The van der Waals surface area contributed by atoms with E-state index in [9.17, 15) is 19.2 Å². The maximum atomic E-state index is 11.3. The lowest BCUT2D eigenvalue weighted by Crippen LogP contribution is -2.31. The molecule has 0 unspecified atom stereocenters. The first-order valence-electron chi connectivity index (χ1n) is 4.87. The van der Waals surface area contributed by atoms with Crippen LogP contribution in [0.3, 0.4) is 0 Å². The number of carbonyl (C=O) groups is 4. The first-order valence-corrected chi connectivity index (χ1v) is 4.87. The summed E-state index contributed by atoms with van der Waals surface area (Å²) in [5.41, 5.74) is 0. The zero-order valence-electron chi connectivity index (χ0n) is 9.21. The first-order chi connectivity index (χ1) is 8.04. The SMILES string of the molecule is COC(=O)/C=C\C(=O)CCN1C(=O)C=CC1=O. The number of allylic oxidation sites excluding steroid dienone is 1. The van der Waals surface area contributed by atoms with E-state index in [1.165, 1.54) is 7.11 Å². The summed E-state index contributed by atoms with van der Waals surface area (Å²) in [6.45, 7) is 0.00894. The second-order valence-corrected chi connectivity index (χ2v) is 3.23. The fourth-order valence-corrected chi connectivity index (χ4v) is 1.19. The Morgan fingerprint density at radius 2 is 1.82 bits per heavy atom. The molecule has 1 aliphatic rings. The molecule has 0 fully saturated rings. The fourth-order valence-electron chi connectivity index (χ4n) is 1.19. The fraction of sp³-hybridized carbons (Fsp3) is 0.273. The van der Waals surface area contributed by atoms with Crippen LogP contribution in [-0.4, -0.2) is 42.1 Å². The summed E-state index contributed by atoms with van der Waals surface area (Å²) in [4.78, 5) is 45.2. The zero-order chi connectivity index (χ0) is 12.8. The van der Waals surface area contributed by atoms with Gasteiger partial charge in [0.25, 0.3) is 11.8 Å². The van der Waals surface area contributed by atoms with Crippen LogP contribution in [0.5, 0.6) is 0 Å². The molecule has 0 atom stereocenters. The maximum Gasteiger partial charge on any atom is 0.330 e. The van der Waals surface area contributed by atoms with E-state index in [0.717, 1.165) is 29.2 Å². The van der Waals surface area contributed by atoms with Gasteiger partial charge in [0.2, 0.25) is 0 Å². The summed E-state index contributed by atoms with van der Waals surface area (Å²) >= 11 is 0. The van der Waals surface area contributed by atoms with Crippen molar-refractivity contribution in [2.75, 3.05) is 13.7 Å². The number of carbonyl (C=O) groups excluding carboxylic acids is 4. The number of methoxy groups -OCH3 is 1. The van der Waals surface area contributed by atoms with Crippen LogP contribution in [0.2, 0.25) is 0 Å². The molecule has 6 heteroatoms. The third-order valence-corrected chi connectivity index (χ3v) is 2.09. The van der Waals surface area contributed by atoms with E-state index in [1.54, 1.807) is 0 Å². The lowest BCUT2D eigenvalue weighted by atomic mass is 10.2. The van der Waals surface area contributed by atoms with Crippen LogP contribution in [-0.2, 0) is 23.9 Å². The first kappa shape index (κ1) is 12.8. The largest absolute Gasteiger partial charge is 0.466 e. The molecule has 1 aliphatic heterocycles. The van der Waals surface area contributed by atoms with Gasteiger partial charge in [-0.25, -0.2) is 4.79 Å². The molecular weight excluding hydrogens is 226 g/mol. The molecule has 0 saturated carbocycles. The van der Waals surface area contributed by atoms with Crippen LogP contribution in [0.15, 0.2) is 24.3 Å². The number of ketones is 1. The highest BCUT2D eigenvalue weighted by Crippen LogP contribution is 2.04. The van der Waals surface area contributed by atoms with Gasteiger partial charge in [0, 0.05) is 31.2 Å². The normalized spacial score (nSPS) is 14.8. The van der Waals surface area contributed by atoms with Crippen molar-refractivity contribution in [2.24, 2.45) is 0 Å². The average molecular weight is 237 g/mol. The molecule has 0 aliphatic carbocycles. The summed E-state index contributed by atoms with van der Waals surface area (Å²) in [5, 5.41) is 0. The van der Waals surface area contributed by atoms with Crippen molar-refractivity contribution in [3.63, 3.8) is 0 Å². The van der Waals surface area contributed by atoms with E-state index < -0.39 is 17.8 Å². The molecule has 0 aromatic carbocycles. The van der Waals surface area contributed by atoms with Crippen LogP contribution in [0.25, 0.3) is 0 Å². The smallest absolute Gasteiger partial charge is 0.330 e. The Balaban J connectivity index is 2.39. The van der Waals surface area contributed by atoms with E-state index in [4.69, 9.17) is 0 Å². The molecule has 2 amide bonds. The predicted molar refractivity (Wildman–Crippen MR) is 56.6 cm³/mol. The molecule has 90 valence electrons. The Bertz CT molecular complexity index is 404. The van der Waals surface area contributed by atoms with Crippen molar-refractivity contribution in [1.82, 2.24) is 4.90 Å². The van der Waals surface area contributed by atoms with Gasteiger partial charge in [-0.1, -0.05) is 0 Å². The van der Waals surface area contributed by atoms with E-state index in [0.29, 0.717) is 0 Å². The van der Waals surface area contributed by atoms with Gasteiger partial charge in [0.1, 0.15) is 0 Å². The molecule has 6 nitrogen and oxygen atoms in total. The van der Waals surface area contributed by atoms with Gasteiger partial charge in [-0.05, 0) is 6.08 Å². The number of imide groups is 1. The molecule has 0 radical (unpaired) electrons. The number of hydrogen-bond donors (Lipinski definition) is 0. The van der Waals surface area contributed by atoms with E-state index in [1.807, 2.05) is 0 Å². The highest BCUT2D eigenvalue weighted by atomic mass is 16.5. The van der Waals surface area contributed by atoms with Crippen molar-refractivity contribution in [2.45, 2.75) is 6.42 Å². The van der Waals surface area contributed by atoms with Gasteiger partial charge >= 0.3 is 5.97 Å². The van der Waals surface area contributed by atoms with Crippen molar-refractivity contribution in [3.8, 4) is 0 Å². The number of hydrogen-bond acceptors (Lipinski definition) is 5. The number of amides is 2. The number of esters is 1. The van der Waals surface area contributed by atoms with Gasteiger partial charge < -0.3 is 4.74 Å². The van der Waals surface area contributed by atoms with E-state index in [-0.39, 0.29) is 18.7 Å². The minimum absolute atomic E-state index is 0.00894. The van der Waals surface area contributed by atoms with Crippen LogP contribution in [0, 0.1) is 0 Å². The molecular formula is C11H11NO5. The van der Waals surface area contributed by atoms with Gasteiger partial charge in [-0.2, -0.15) is 0 Å². The Labute approximate surface area is 97.5 Å². The summed E-state index contributed by atoms with van der Waals surface area (Å²) in [7, 11) is 1.20. The molecule has 1 heterocycles. The second kappa shape index (κ2) is 5.74. The standard InChI is InChI=1S/C11H11NO5/c1-17-11(16)5-2-8(13)6-7-12-9(14)3-4-10(12)15/h2-5H,6-7H2,1H3/b5-2-. The predicted octanol–water partition coefficient (Wildman–Crippen LogP) is -0.400. The van der Waals surface area contributed by atoms with Crippen molar-refractivity contribution in [3.05, 3.63) is 24.3 Å². The second-order valence-electron chi connectivity index (χ2n) is 3.23. The van der Waals surface area contributed by atoms with Crippen molar-refractivity contribution < 1.29 is 23.9 Å². The lowest BCUT2D eigenvalue weighted by molar-refractivity contribution is -0.137. The highest BCUT2D eigenvalue weighted by Gasteiger charge is 2.23. The molecule has 0 aromatic heterocycles. The molecule has 1 rings (SSSR count). The molecule has 17 heavy (non-hydrogen) atoms. The van der Waals surface area contributed by atoms with Crippen molar-refractivity contribution >= 4 is 23.6 Å². The third kappa shape index (κ3) is 3.67. The van der Waals surface area contributed by atoms with Gasteiger partial charge in [-0.3, -0.25) is 19.3 Å². The topological polar surface area (TPSA) is 80.8 Å². The van der Waals surface area contributed by atoms with Crippen LogP contribution >= 0.6 is 0 Å². The zero-order valence-corrected chi connectivity index (χ0v) is 9.21.